The van der Waals surface area contributed by atoms with Gasteiger partial charge < -0.3 is 0 Å². The highest BCUT2D eigenvalue weighted by molar-refractivity contribution is 5.94. The minimum Gasteiger partial charge on any atom is -0.282 e. The standard InChI is InChI=1S/C14H13N3/c1-9-13(10(2)17-16-9)12-7-3-5-11-6-4-8-15-14(11)12/h3-8H,1-2H3,(H,16,17). The Labute approximate surface area is 99.5 Å². The van der Waals surface area contributed by atoms with Crippen molar-refractivity contribution >= 4 is 10.9 Å². The summed E-state index contributed by atoms with van der Waals surface area (Å²) in [6, 6.07) is 10.3. The monoisotopic (exact) mass is 223 g/mol. The fourth-order valence-corrected chi connectivity index (χ4v) is 2.25. The molecule has 0 bridgehead atoms. The fraction of sp³-hybridized carbons (Fsp3) is 0.143. The van der Waals surface area contributed by atoms with Gasteiger partial charge in [0.25, 0.3) is 0 Å². The van der Waals surface area contributed by atoms with E-state index in [0.717, 1.165) is 33.4 Å². The van der Waals surface area contributed by atoms with E-state index >= 15 is 0 Å². The third kappa shape index (κ3) is 1.51. The molecule has 0 aliphatic carbocycles. The van der Waals surface area contributed by atoms with Crippen LogP contribution in [0.15, 0.2) is 36.5 Å². The molecule has 0 aliphatic rings. The van der Waals surface area contributed by atoms with Gasteiger partial charge in [-0.1, -0.05) is 24.3 Å². The molecular weight excluding hydrogens is 210 g/mol. The summed E-state index contributed by atoms with van der Waals surface area (Å²) in [5.74, 6) is 0. The average Bonchev–Trinajstić information content (AvgIpc) is 2.69. The number of aromatic amines is 1. The SMILES string of the molecule is Cc1n[nH]c(C)c1-c1cccc2cccnc12. The zero-order valence-corrected chi connectivity index (χ0v) is 9.86. The lowest BCUT2D eigenvalue weighted by Crippen LogP contribution is -1.86. The lowest BCUT2D eigenvalue weighted by molar-refractivity contribution is 1.02. The fourth-order valence-electron chi connectivity index (χ4n) is 2.25. The normalized spacial score (nSPS) is 10.9. The van der Waals surface area contributed by atoms with Crippen LogP contribution in [0.2, 0.25) is 0 Å². The number of nitrogens with zero attached hydrogens (tertiary/aromatic N) is 2. The van der Waals surface area contributed by atoms with Crippen LogP contribution in [0.25, 0.3) is 22.0 Å². The number of pyridine rings is 1. The molecule has 0 saturated carbocycles. The second-order valence-electron chi connectivity index (χ2n) is 4.19. The van der Waals surface area contributed by atoms with Gasteiger partial charge in [-0.05, 0) is 19.9 Å². The van der Waals surface area contributed by atoms with E-state index in [1.807, 2.05) is 26.1 Å². The Morgan fingerprint density at radius 2 is 1.88 bits per heavy atom. The molecule has 2 heterocycles. The largest absolute Gasteiger partial charge is 0.282 e. The van der Waals surface area contributed by atoms with E-state index < -0.39 is 0 Å². The number of para-hydroxylation sites is 1. The van der Waals surface area contributed by atoms with Crippen molar-refractivity contribution in [2.45, 2.75) is 13.8 Å². The second-order valence-corrected chi connectivity index (χ2v) is 4.19. The summed E-state index contributed by atoms with van der Waals surface area (Å²) >= 11 is 0. The van der Waals surface area contributed by atoms with Crippen LogP contribution in [0.4, 0.5) is 0 Å². The molecular formula is C14H13N3. The van der Waals surface area contributed by atoms with E-state index in [0.29, 0.717) is 0 Å². The minimum atomic E-state index is 1.01. The molecule has 0 aliphatic heterocycles. The smallest absolute Gasteiger partial charge is 0.0781 e. The predicted molar refractivity (Wildman–Crippen MR) is 68.8 cm³/mol. The van der Waals surface area contributed by atoms with Gasteiger partial charge in [0, 0.05) is 28.4 Å². The van der Waals surface area contributed by atoms with Gasteiger partial charge >= 0.3 is 0 Å². The Hall–Kier alpha value is -2.16. The number of fused-ring (bicyclic) bond motifs is 1. The van der Waals surface area contributed by atoms with Crippen molar-refractivity contribution in [3.05, 3.63) is 47.9 Å². The van der Waals surface area contributed by atoms with Gasteiger partial charge in [0.15, 0.2) is 0 Å². The van der Waals surface area contributed by atoms with Crippen molar-refractivity contribution in [3.63, 3.8) is 0 Å². The lowest BCUT2D eigenvalue weighted by Gasteiger charge is -2.05. The van der Waals surface area contributed by atoms with Crippen molar-refractivity contribution in [2.75, 3.05) is 0 Å². The molecule has 0 unspecified atom stereocenters. The third-order valence-corrected chi connectivity index (χ3v) is 3.03. The highest BCUT2D eigenvalue weighted by Gasteiger charge is 2.12. The number of H-pyrrole nitrogens is 1. The van der Waals surface area contributed by atoms with E-state index in [1.165, 1.54) is 0 Å². The van der Waals surface area contributed by atoms with Crippen LogP contribution in [-0.4, -0.2) is 15.2 Å². The van der Waals surface area contributed by atoms with Crippen molar-refractivity contribution < 1.29 is 0 Å². The van der Waals surface area contributed by atoms with Crippen molar-refractivity contribution in [1.82, 2.24) is 15.2 Å². The summed E-state index contributed by atoms with van der Waals surface area (Å²) in [5.41, 5.74) is 5.44. The van der Waals surface area contributed by atoms with Crippen LogP contribution < -0.4 is 0 Å². The highest BCUT2D eigenvalue weighted by atomic mass is 15.1. The summed E-state index contributed by atoms with van der Waals surface area (Å²) < 4.78 is 0. The molecule has 0 atom stereocenters. The molecule has 0 amide bonds. The van der Waals surface area contributed by atoms with Crippen LogP contribution >= 0.6 is 0 Å². The molecule has 0 spiro atoms. The molecule has 0 saturated heterocycles. The minimum absolute atomic E-state index is 1.01. The molecule has 0 fully saturated rings. The van der Waals surface area contributed by atoms with E-state index in [9.17, 15) is 0 Å². The first-order chi connectivity index (χ1) is 8.27. The molecule has 17 heavy (non-hydrogen) atoms. The Bertz CT molecular complexity index is 658. The predicted octanol–water partition coefficient (Wildman–Crippen LogP) is 3.24. The van der Waals surface area contributed by atoms with Crippen LogP contribution in [0.5, 0.6) is 0 Å². The number of benzene rings is 1. The van der Waals surface area contributed by atoms with E-state index in [1.54, 1.807) is 0 Å². The van der Waals surface area contributed by atoms with Gasteiger partial charge in [-0.25, -0.2) is 0 Å². The third-order valence-electron chi connectivity index (χ3n) is 3.03. The number of aromatic nitrogens is 3. The molecule has 2 aromatic heterocycles. The van der Waals surface area contributed by atoms with E-state index in [-0.39, 0.29) is 0 Å². The average molecular weight is 223 g/mol. The summed E-state index contributed by atoms with van der Waals surface area (Å²) in [6.45, 7) is 4.05. The van der Waals surface area contributed by atoms with Gasteiger partial charge in [0.2, 0.25) is 0 Å². The zero-order valence-electron chi connectivity index (χ0n) is 9.86. The first-order valence-electron chi connectivity index (χ1n) is 5.63. The molecule has 84 valence electrons. The molecule has 3 nitrogen and oxygen atoms in total. The molecule has 1 aromatic carbocycles. The quantitative estimate of drug-likeness (QED) is 0.688. The lowest BCUT2D eigenvalue weighted by atomic mass is 10.0. The van der Waals surface area contributed by atoms with Gasteiger partial charge in [-0.2, -0.15) is 5.10 Å². The molecule has 1 N–H and O–H groups in total. The first kappa shape index (κ1) is 10.0. The van der Waals surface area contributed by atoms with Crippen molar-refractivity contribution in [1.29, 1.82) is 0 Å². The summed E-state index contributed by atoms with van der Waals surface area (Å²) in [6.07, 6.45) is 1.83. The van der Waals surface area contributed by atoms with Gasteiger partial charge in [0.1, 0.15) is 0 Å². The molecule has 3 aromatic rings. The van der Waals surface area contributed by atoms with E-state index in [2.05, 4.69) is 39.4 Å². The van der Waals surface area contributed by atoms with Crippen LogP contribution in [-0.2, 0) is 0 Å². The Balaban J connectivity index is 2.38. The summed E-state index contributed by atoms with van der Waals surface area (Å²) in [4.78, 5) is 4.48. The second kappa shape index (κ2) is 3.70. The van der Waals surface area contributed by atoms with Crippen molar-refractivity contribution in [2.24, 2.45) is 0 Å². The molecule has 0 radical (unpaired) electrons. The van der Waals surface area contributed by atoms with Gasteiger partial charge in [-0.15, -0.1) is 0 Å². The van der Waals surface area contributed by atoms with Crippen LogP contribution in [0.1, 0.15) is 11.4 Å². The Kier molecular flexibility index (Phi) is 2.18. The zero-order chi connectivity index (χ0) is 11.8. The van der Waals surface area contributed by atoms with E-state index in [4.69, 9.17) is 0 Å². The summed E-state index contributed by atoms with van der Waals surface area (Å²) in [5, 5.41) is 8.43. The molecule has 3 rings (SSSR count). The van der Waals surface area contributed by atoms with Crippen molar-refractivity contribution in [3.8, 4) is 11.1 Å². The Morgan fingerprint density at radius 1 is 1.06 bits per heavy atom. The maximum absolute atomic E-state index is 4.48. The number of nitrogens with one attached hydrogen (secondary N) is 1. The Morgan fingerprint density at radius 3 is 2.65 bits per heavy atom. The topological polar surface area (TPSA) is 41.6 Å². The number of hydrogen-bond acceptors (Lipinski definition) is 2. The number of rotatable bonds is 1. The maximum atomic E-state index is 4.48. The number of hydrogen-bond donors (Lipinski definition) is 1. The molecule has 3 heteroatoms. The van der Waals surface area contributed by atoms with Gasteiger partial charge in [-0.3, -0.25) is 10.1 Å². The highest BCUT2D eigenvalue weighted by Crippen LogP contribution is 2.30. The van der Waals surface area contributed by atoms with Crippen LogP contribution in [0, 0.1) is 13.8 Å². The first-order valence-corrected chi connectivity index (χ1v) is 5.63. The summed E-state index contributed by atoms with van der Waals surface area (Å²) in [7, 11) is 0. The van der Waals surface area contributed by atoms with Gasteiger partial charge in [0.05, 0.1) is 11.2 Å². The number of aryl methyl sites for hydroxylation is 2. The van der Waals surface area contributed by atoms with Crippen LogP contribution in [0.3, 0.4) is 0 Å². The maximum Gasteiger partial charge on any atom is 0.0781 e.